The minimum Gasteiger partial charge on any atom is -0.311 e. The molecule has 94 valence electrons. The average Bonchev–Trinajstić information content (AvgIpc) is 2.62. The van der Waals surface area contributed by atoms with E-state index in [0.29, 0.717) is 10.0 Å². The van der Waals surface area contributed by atoms with Crippen molar-refractivity contribution in [3.63, 3.8) is 0 Å². The zero-order valence-electron chi connectivity index (χ0n) is 9.87. The number of fused-ring (bicyclic) bond motifs is 1. The van der Waals surface area contributed by atoms with Crippen molar-refractivity contribution in [3.05, 3.63) is 34.1 Å². The lowest BCUT2D eigenvalue weighted by molar-refractivity contribution is 0.636. The van der Waals surface area contributed by atoms with Gasteiger partial charge in [0.1, 0.15) is 5.82 Å². The Balaban J connectivity index is 2.06. The molecule has 1 aromatic carbocycles. The number of benzene rings is 1. The maximum absolute atomic E-state index is 6.06. The molecule has 3 rings (SSSR count). The smallest absolute Gasteiger partial charge is 0.164 e. The molecular formula is C13H13Cl2N3. The first kappa shape index (κ1) is 12.0. The van der Waals surface area contributed by atoms with E-state index in [-0.39, 0.29) is 0 Å². The van der Waals surface area contributed by atoms with Crippen molar-refractivity contribution >= 4 is 23.2 Å². The van der Waals surface area contributed by atoms with Gasteiger partial charge in [0.2, 0.25) is 0 Å². The topological polar surface area (TPSA) is 30.7 Å². The molecule has 0 unspecified atom stereocenters. The third kappa shape index (κ3) is 2.13. The van der Waals surface area contributed by atoms with Gasteiger partial charge < -0.3 is 4.57 Å². The minimum absolute atomic E-state index is 0.556. The number of hydrogen-bond acceptors (Lipinski definition) is 2. The molecule has 0 bridgehead atoms. The molecule has 1 aromatic heterocycles. The van der Waals surface area contributed by atoms with Crippen molar-refractivity contribution in [1.29, 1.82) is 0 Å². The second kappa shape index (κ2) is 4.90. The van der Waals surface area contributed by atoms with Gasteiger partial charge in [-0.25, -0.2) is 0 Å². The molecule has 18 heavy (non-hydrogen) atoms. The first-order valence-electron chi connectivity index (χ1n) is 6.13. The number of rotatable bonds is 1. The molecule has 2 aromatic rings. The summed E-state index contributed by atoms with van der Waals surface area (Å²) in [6.07, 6.45) is 4.64. The van der Waals surface area contributed by atoms with Gasteiger partial charge >= 0.3 is 0 Å². The van der Waals surface area contributed by atoms with Gasteiger partial charge in [-0.2, -0.15) is 0 Å². The van der Waals surface area contributed by atoms with Crippen molar-refractivity contribution in [2.75, 3.05) is 0 Å². The molecule has 0 saturated carbocycles. The molecule has 0 saturated heterocycles. The summed E-state index contributed by atoms with van der Waals surface area (Å²) in [5.74, 6) is 1.97. The SMILES string of the molecule is Clc1ccc(-c2nnc3n2CCCCC3)cc1Cl. The first-order chi connectivity index (χ1) is 8.75. The molecule has 0 N–H and O–H groups in total. The van der Waals surface area contributed by atoms with Crippen LogP contribution in [-0.2, 0) is 13.0 Å². The van der Waals surface area contributed by atoms with E-state index in [1.165, 1.54) is 19.3 Å². The predicted molar refractivity (Wildman–Crippen MR) is 73.0 cm³/mol. The molecule has 0 fully saturated rings. The summed E-state index contributed by atoms with van der Waals surface area (Å²) in [6.45, 7) is 0.984. The minimum atomic E-state index is 0.556. The lowest BCUT2D eigenvalue weighted by Crippen LogP contribution is -2.02. The molecule has 3 nitrogen and oxygen atoms in total. The Morgan fingerprint density at radius 3 is 2.72 bits per heavy atom. The van der Waals surface area contributed by atoms with Crippen molar-refractivity contribution in [2.45, 2.75) is 32.2 Å². The summed E-state index contributed by atoms with van der Waals surface area (Å²) in [5, 5.41) is 9.70. The molecule has 1 aliphatic rings. The number of hydrogen-bond donors (Lipinski definition) is 0. The van der Waals surface area contributed by atoms with E-state index in [1.807, 2.05) is 12.1 Å². The highest BCUT2D eigenvalue weighted by Gasteiger charge is 2.16. The zero-order valence-corrected chi connectivity index (χ0v) is 11.4. The van der Waals surface area contributed by atoms with E-state index in [9.17, 15) is 0 Å². The van der Waals surface area contributed by atoms with Gasteiger partial charge in [-0.15, -0.1) is 10.2 Å². The third-order valence-electron chi connectivity index (χ3n) is 3.29. The molecule has 2 heterocycles. The largest absolute Gasteiger partial charge is 0.311 e. The summed E-state index contributed by atoms with van der Waals surface area (Å²) in [6, 6.07) is 5.60. The van der Waals surface area contributed by atoms with Gasteiger partial charge in [0, 0.05) is 18.5 Å². The van der Waals surface area contributed by atoms with Crippen LogP contribution in [0, 0.1) is 0 Å². The van der Waals surface area contributed by atoms with Crippen molar-refractivity contribution in [3.8, 4) is 11.4 Å². The molecule has 0 aliphatic carbocycles. The number of nitrogens with zero attached hydrogens (tertiary/aromatic N) is 3. The van der Waals surface area contributed by atoms with Gasteiger partial charge in [-0.05, 0) is 31.0 Å². The predicted octanol–water partition coefficient (Wildman–Crippen LogP) is 3.98. The van der Waals surface area contributed by atoms with E-state index in [2.05, 4.69) is 14.8 Å². The fourth-order valence-corrected chi connectivity index (χ4v) is 2.63. The van der Waals surface area contributed by atoms with E-state index in [4.69, 9.17) is 23.2 Å². The van der Waals surface area contributed by atoms with Crippen LogP contribution >= 0.6 is 23.2 Å². The fourth-order valence-electron chi connectivity index (χ4n) is 2.33. The van der Waals surface area contributed by atoms with Crippen LogP contribution < -0.4 is 0 Å². The molecule has 0 atom stereocenters. The van der Waals surface area contributed by atoms with E-state index < -0.39 is 0 Å². The van der Waals surface area contributed by atoms with Crippen molar-refractivity contribution in [2.24, 2.45) is 0 Å². The van der Waals surface area contributed by atoms with Gasteiger partial charge in [-0.3, -0.25) is 0 Å². The Labute approximate surface area is 116 Å². The van der Waals surface area contributed by atoms with Gasteiger partial charge in [0.25, 0.3) is 0 Å². The summed E-state index contributed by atoms with van der Waals surface area (Å²) < 4.78 is 2.20. The van der Waals surface area contributed by atoms with Crippen molar-refractivity contribution in [1.82, 2.24) is 14.8 Å². The third-order valence-corrected chi connectivity index (χ3v) is 4.03. The maximum Gasteiger partial charge on any atom is 0.164 e. The Bertz CT molecular complexity index is 578. The monoisotopic (exact) mass is 281 g/mol. The zero-order chi connectivity index (χ0) is 12.5. The molecular weight excluding hydrogens is 269 g/mol. The average molecular weight is 282 g/mol. The maximum atomic E-state index is 6.06. The Hall–Kier alpha value is -1.06. The highest BCUT2D eigenvalue weighted by atomic mass is 35.5. The van der Waals surface area contributed by atoms with Crippen LogP contribution in [0.4, 0.5) is 0 Å². The second-order valence-corrected chi connectivity index (χ2v) is 5.35. The van der Waals surface area contributed by atoms with Gasteiger partial charge in [-0.1, -0.05) is 29.6 Å². The van der Waals surface area contributed by atoms with Crippen LogP contribution in [0.15, 0.2) is 18.2 Å². The molecule has 5 heteroatoms. The summed E-state index contributed by atoms with van der Waals surface area (Å²) in [5.41, 5.74) is 0.977. The molecule has 1 aliphatic heterocycles. The van der Waals surface area contributed by atoms with E-state index >= 15 is 0 Å². The number of halogens is 2. The lowest BCUT2D eigenvalue weighted by Gasteiger charge is -2.07. The van der Waals surface area contributed by atoms with Gasteiger partial charge in [0.15, 0.2) is 5.82 Å². The standard InChI is InChI=1S/C13H13Cl2N3/c14-10-6-5-9(8-11(10)15)13-17-16-12-4-2-1-3-7-18(12)13/h5-6,8H,1-4,7H2. The lowest BCUT2D eigenvalue weighted by atomic mass is 10.2. The first-order valence-corrected chi connectivity index (χ1v) is 6.89. The fraction of sp³-hybridized carbons (Fsp3) is 0.385. The Morgan fingerprint density at radius 2 is 1.89 bits per heavy atom. The highest BCUT2D eigenvalue weighted by Crippen LogP contribution is 2.29. The molecule has 0 spiro atoms. The second-order valence-electron chi connectivity index (χ2n) is 4.53. The quantitative estimate of drug-likeness (QED) is 0.792. The van der Waals surface area contributed by atoms with Crippen molar-refractivity contribution < 1.29 is 0 Å². The van der Waals surface area contributed by atoms with Gasteiger partial charge in [0.05, 0.1) is 10.0 Å². The molecule has 0 amide bonds. The van der Waals surface area contributed by atoms with Crippen LogP contribution in [-0.4, -0.2) is 14.8 Å². The van der Waals surface area contributed by atoms with Crippen LogP contribution in [0.25, 0.3) is 11.4 Å². The molecule has 0 radical (unpaired) electrons. The van der Waals surface area contributed by atoms with Crippen LogP contribution in [0.2, 0.25) is 10.0 Å². The van der Waals surface area contributed by atoms with Crippen LogP contribution in [0.5, 0.6) is 0 Å². The summed E-state index contributed by atoms with van der Waals surface area (Å²) in [7, 11) is 0. The summed E-state index contributed by atoms with van der Waals surface area (Å²) in [4.78, 5) is 0. The normalized spacial score (nSPS) is 15.2. The van der Waals surface area contributed by atoms with E-state index in [0.717, 1.165) is 30.2 Å². The number of aromatic nitrogens is 3. The highest BCUT2D eigenvalue weighted by molar-refractivity contribution is 6.42. The van der Waals surface area contributed by atoms with E-state index in [1.54, 1.807) is 6.07 Å². The van der Waals surface area contributed by atoms with Crippen LogP contribution in [0.1, 0.15) is 25.1 Å². The number of aryl methyl sites for hydroxylation is 1. The Kier molecular flexibility index (Phi) is 3.27. The summed E-state index contributed by atoms with van der Waals surface area (Å²) >= 11 is 12.0. The Morgan fingerprint density at radius 1 is 1.00 bits per heavy atom. The van der Waals surface area contributed by atoms with Crippen LogP contribution in [0.3, 0.4) is 0 Å².